The maximum absolute atomic E-state index is 12.5. The van der Waals surface area contributed by atoms with Gasteiger partial charge in [0.2, 0.25) is 0 Å². The van der Waals surface area contributed by atoms with E-state index in [4.69, 9.17) is 0 Å². The van der Waals surface area contributed by atoms with Gasteiger partial charge in [-0.3, -0.25) is 0 Å². The normalized spacial score (nSPS) is 15.3. The summed E-state index contributed by atoms with van der Waals surface area (Å²) in [6.07, 6.45) is 4.43. The number of carbonyl (C=O) groups is 1. The summed E-state index contributed by atoms with van der Waals surface area (Å²) in [7, 11) is 0. The quantitative estimate of drug-likeness (QED) is 0.786. The highest BCUT2D eigenvalue weighted by molar-refractivity contribution is 5.90. The van der Waals surface area contributed by atoms with E-state index in [0.29, 0.717) is 0 Å². The molecule has 1 aromatic heterocycles. The molecule has 6 heteroatoms. The molecule has 1 aliphatic heterocycles. The van der Waals surface area contributed by atoms with Crippen LogP contribution in [0.15, 0.2) is 67.0 Å². The fraction of sp³-hybridized carbons (Fsp3) is 0.250. The van der Waals surface area contributed by atoms with Crippen molar-refractivity contribution in [1.82, 2.24) is 19.9 Å². The van der Waals surface area contributed by atoms with Crippen LogP contribution >= 0.6 is 0 Å². The van der Waals surface area contributed by atoms with Gasteiger partial charge in [0.25, 0.3) is 0 Å². The fourth-order valence-electron chi connectivity index (χ4n) is 3.48. The summed E-state index contributed by atoms with van der Waals surface area (Å²) in [5, 5.41) is 10.7. The van der Waals surface area contributed by atoms with E-state index >= 15 is 0 Å². The van der Waals surface area contributed by atoms with Gasteiger partial charge in [-0.25, -0.2) is 9.48 Å². The van der Waals surface area contributed by atoms with Gasteiger partial charge in [-0.1, -0.05) is 42.5 Å². The number of nitrogens with one attached hydrogen (secondary N) is 1. The lowest BCUT2D eigenvalue weighted by Crippen LogP contribution is -2.61. The Labute approximate surface area is 152 Å². The van der Waals surface area contributed by atoms with Gasteiger partial charge in [-0.05, 0) is 36.2 Å². The maximum atomic E-state index is 12.5. The van der Waals surface area contributed by atoms with Gasteiger partial charge < -0.3 is 10.2 Å². The highest BCUT2D eigenvalue weighted by Gasteiger charge is 2.44. The Morgan fingerprint density at radius 3 is 2.46 bits per heavy atom. The predicted octanol–water partition coefficient (Wildman–Crippen LogP) is 3.46. The summed E-state index contributed by atoms with van der Waals surface area (Å²) >= 11 is 0. The number of rotatable bonds is 4. The molecule has 1 fully saturated rings. The number of anilines is 1. The standard InChI is InChI=1S/C20H21N5O/c1-2-20(16-6-4-3-5-7-16)14-24(15-20)19(26)22-17-8-10-18(11-9-17)25-13-12-21-23-25/h3-13H,2,14-15H2,1H3,(H,22,26). The van der Waals surface area contributed by atoms with E-state index in [9.17, 15) is 4.79 Å². The van der Waals surface area contributed by atoms with Gasteiger partial charge >= 0.3 is 6.03 Å². The summed E-state index contributed by atoms with van der Waals surface area (Å²) in [4.78, 5) is 14.4. The van der Waals surface area contributed by atoms with Crippen molar-refractivity contribution in [2.24, 2.45) is 0 Å². The third-order valence-corrected chi connectivity index (χ3v) is 5.14. The molecule has 6 nitrogen and oxygen atoms in total. The van der Waals surface area contributed by atoms with Crippen molar-refractivity contribution in [3.05, 3.63) is 72.6 Å². The van der Waals surface area contributed by atoms with Gasteiger partial charge in [0.15, 0.2) is 0 Å². The molecule has 0 atom stereocenters. The lowest BCUT2D eigenvalue weighted by molar-refractivity contribution is 0.0968. The Hall–Kier alpha value is -3.15. The molecule has 132 valence electrons. The minimum absolute atomic E-state index is 0.0569. The number of nitrogens with zero attached hydrogens (tertiary/aromatic N) is 4. The fourth-order valence-corrected chi connectivity index (χ4v) is 3.48. The molecule has 26 heavy (non-hydrogen) atoms. The minimum atomic E-state index is -0.0569. The molecule has 1 saturated heterocycles. The lowest BCUT2D eigenvalue weighted by Gasteiger charge is -2.50. The van der Waals surface area contributed by atoms with Gasteiger partial charge in [0.1, 0.15) is 0 Å². The molecule has 0 spiro atoms. The van der Waals surface area contributed by atoms with E-state index in [-0.39, 0.29) is 11.4 Å². The Balaban J connectivity index is 1.39. The SMILES string of the molecule is CCC1(c2ccccc2)CN(C(=O)Nc2ccc(-n3ccnn3)cc2)C1. The molecule has 0 radical (unpaired) electrons. The second-order valence-corrected chi connectivity index (χ2v) is 6.68. The van der Waals surface area contributed by atoms with E-state index in [2.05, 4.69) is 46.8 Å². The number of hydrogen-bond donors (Lipinski definition) is 1. The van der Waals surface area contributed by atoms with E-state index in [1.807, 2.05) is 35.2 Å². The Morgan fingerprint density at radius 2 is 1.85 bits per heavy atom. The number of hydrogen-bond acceptors (Lipinski definition) is 3. The summed E-state index contributed by atoms with van der Waals surface area (Å²) in [5.41, 5.74) is 3.06. The van der Waals surface area contributed by atoms with Crippen LogP contribution in [0.1, 0.15) is 18.9 Å². The van der Waals surface area contributed by atoms with Gasteiger partial charge in [0.05, 0.1) is 18.1 Å². The largest absolute Gasteiger partial charge is 0.323 e. The third-order valence-electron chi connectivity index (χ3n) is 5.14. The molecule has 0 aliphatic carbocycles. The van der Waals surface area contributed by atoms with Crippen molar-refractivity contribution < 1.29 is 4.79 Å². The van der Waals surface area contributed by atoms with Gasteiger partial charge in [0, 0.05) is 24.2 Å². The maximum Gasteiger partial charge on any atom is 0.321 e. The molecule has 1 aliphatic rings. The molecule has 1 N–H and O–H groups in total. The molecule has 0 saturated carbocycles. The molecule has 0 bridgehead atoms. The van der Waals surface area contributed by atoms with Crippen LogP contribution in [0.3, 0.4) is 0 Å². The average molecular weight is 347 g/mol. The van der Waals surface area contributed by atoms with E-state index < -0.39 is 0 Å². The first-order valence-corrected chi connectivity index (χ1v) is 8.78. The first-order valence-electron chi connectivity index (χ1n) is 8.78. The number of benzene rings is 2. The second kappa shape index (κ2) is 6.63. The summed E-state index contributed by atoms with van der Waals surface area (Å²) in [5.74, 6) is 0. The zero-order chi connectivity index (χ0) is 18.0. The van der Waals surface area contributed by atoms with Crippen LogP contribution in [0.4, 0.5) is 10.5 Å². The molecule has 0 unspecified atom stereocenters. The highest BCUT2D eigenvalue weighted by Crippen LogP contribution is 2.37. The Morgan fingerprint density at radius 1 is 1.12 bits per heavy atom. The molecule has 4 rings (SSSR count). The lowest BCUT2D eigenvalue weighted by atomic mass is 9.72. The van der Waals surface area contributed by atoms with Crippen LogP contribution in [0.5, 0.6) is 0 Å². The van der Waals surface area contributed by atoms with Crippen molar-refractivity contribution in [1.29, 1.82) is 0 Å². The third kappa shape index (κ3) is 2.94. The first kappa shape index (κ1) is 16.3. The van der Waals surface area contributed by atoms with Crippen molar-refractivity contribution in [3.8, 4) is 5.69 Å². The molecule has 2 amide bonds. The van der Waals surface area contributed by atoms with E-state index in [0.717, 1.165) is 30.9 Å². The molecular weight excluding hydrogens is 326 g/mol. The monoisotopic (exact) mass is 347 g/mol. The Kier molecular flexibility index (Phi) is 4.16. The summed E-state index contributed by atoms with van der Waals surface area (Å²) < 4.78 is 1.68. The number of likely N-dealkylation sites (tertiary alicyclic amines) is 1. The molecular formula is C20H21N5O. The first-order chi connectivity index (χ1) is 12.7. The molecule has 2 heterocycles. The topological polar surface area (TPSA) is 63.1 Å². The van der Waals surface area contributed by atoms with Crippen LogP contribution in [0.25, 0.3) is 5.69 Å². The summed E-state index contributed by atoms with van der Waals surface area (Å²) in [6.45, 7) is 3.68. The number of carbonyl (C=O) groups excluding carboxylic acids is 1. The number of amides is 2. The van der Waals surface area contributed by atoms with Crippen molar-refractivity contribution >= 4 is 11.7 Å². The zero-order valence-corrected chi connectivity index (χ0v) is 14.7. The zero-order valence-electron chi connectivity index (χ0n) is 14.7. The predicted molar refractivity (Wildman–Crippen MR) is 100 cm³/mol. The number of aromatic nitrogens is 3. The van der Waals surface area contributed by atoms with Crippen LogP contribution in [0, 0.1) is 0 Å². The smallest absolute Gasteiger partial charge is 0.321 e. The summed E-state index contributed by atoms with van der Waals surface area (Å²) in [6, 6.07) is 18.0. The second-order valence-electron chi connectivity index (χ2n) is 6.68. The van der Waals surface area contributed by atoms with Crippen molar-refractivity contribution in [2.45, 2.75) is 18.8 Å². The van der Waals surface area contributed by atoms with Crippen LogP contribution < -0.4 is 5.32 Å². The van der Waals surface area contributed by atoms with E-state index in [1.165, 1.54) is 5.56 Å². The van der Waals surface area contributed by atoms with Crippen LogP contribution in [0.2, 0.25) is 0 Å². The van der Waals surface area contributed by atoms with Crippen molar-refractivity contribution in [2.75, 3.05) is 18.4 Å². The minimum Gasteiger partial charge on any atom is -0.323 e. The van der Waals surface area contributed by atoms with Crippen molar-refractivity contribution in [3.63, 3.8) is 0 Å². The van der Waals surface area contributed by atoms with Crippen LogP contribution in [-0.4, -0.2) is 39.0 Å². The van der Waals surface area contributed by atoms with E-state index in [1.54, 1.807) is 17.1 Å². The van der Waals surface area contributed by atoms with Gasteiger partial charge in [-0.15, -0.1) is 5.10 Å². The highest BCUT2D eigenvalue weighted by atomic mass is 16.2. The van der Waals surface area contributed by atoms with Gasteiger partial charge in [-0.2, -0.15) is 0 Å². The number of urea groups is 1. The molecule has 2 aromatic carbocycles. The average Bonchev–Trinajstić information content (AvgIpc) is 3.18. The Bertz CT molecular complexity index is 868. The molecule has 3 aromatic rings. The van der Waals surface area contributed by atoms with Crippen LogP contribution in [-0.2, 0) is 5.41 Å².